The molecule has 2 fully saturated rings. The topological polar surface area (TPSA) is 35.6 Å². The highest BCUT2D eigenvalue weighted by molar-refractivity contribution is 5.75. The highest BCUT2D eigenvalue weighted by Crippen LogP contribution is 2.32. The van der Waals surface area contributed by atoms with Crippen molar-refractivity contribution in [1.82, 2.24) is 15.1 Å². The molecule has 2 aliphatic rings. The molecule has 1 aromatic carbocycles. The second-order valence-corrected chi connectivity index (χ2v) is 6.72. The Hall–Kier alpha value is -1.88. The second kappa shape index (κ2) is 7.79. The molecule has 0 unspecified atom stereocenters. The first-order valence-corrected chi connectivity index (χ1v) is 8.83. The lowest BCUT2D eigenvalue weighted by Crippen LogP contribution is -2.49. The van der Waals surface area contributed by atoms with Crippen molar-refractivity contribution in [1.29, 1.82) is 0 Å². The molecule has 5 heteroatoms. The smallest absolute Gasteiger partial charge is 0.318 e. The minimum absolute atomic E-state index is 0.0176. The zero-order chi connectivity index (χ0) is 16.9. The molecule has 0 saturated carbocycles. The number of urea groups is 1. The van der Waals surface area contributed by atoms with Crippen LogP contribution in [0.1, 0.15) is 37.3 Å². The van der Waals surface area contributed by atoms with Gasteiger partial charge in [-0.2, -0.15) is 0 Å². The van der Waals surface area contributed by atoms with Crippen molar-refractivity contribution >= 4 is 6.03 Å². The Morgan fingerprint density at radius 1 is 1.21 bits per heavy atom. The Morgan fingerprint density at radius 2 is 1.92 bits per heavy atom. The third kappa shape index (κ3) is 3.96. The molecular formula is C19H26FN3O. The lowest BCUT2D eigenvalue weighted by molar-refractivity contribution is 0.173. The van der Waals surface area contributed by atoms with Gasteiger partial charge in [0.15, 0.2) is 0 Å². The Bertz CT molecular complexity index is 566. The number of amides is 2. The maximum atomic E-state index is 13.1. The molecule has 1 N–H and O–H groups in total. The van der Waals surface area contributed by atoms with Crippen molar-refractivity contribution in [2.75, 3.05) is 26.2 Å². The Morgan fingerprint density at radius 3 is 2.58 bits per heavy atom. The highest BCUT2D eigenvalue weighted by atomic mass is 19.1. The molecule has 0 aromatic heterocycles. The number of hydrogen-bond donors (Lipinski definition) is 1. The van der Waals surface area contributed by atoms with Crippen LogP contribution < -0.4 is 5.32 Å². The first-order valence-electron chi connectivity index (χ1n) is 8.83. The third-order valence-corrected chi connectivity index (χ3v) is 5.07. The van der Waals surface area contributed by atoms with E-state index in [1.54, 1.807) is 12.1 Å². The molecule has 3 rings (SSSR count). The summed E-state index contributed by atoms with van der Waals surface area (Å²) in [5.74, 6) is -0.237. The van der Waals surface area contributed by atoms with E-state index in [-0.39, 0.29) is 23.9 Å². The summed E-state index contributed by atoms with van der Waals surface area (Å²) in [6.07, 6.45) is 5.82. The van der Waals surface area contributed by atoms with E-state index in [1.807, 2.05) is 11.0 Å². The minimum Gasteiger partial charge on any atom is -0.335 e. The quantitative estimate of drug-likeness (QED) is 0.859. The van der Waals surface area contributed by atoms with E-state index in [0.717, 1.165) is 57.4 Å². The fraction of sp³-hybridized carbons (Fsp3) is 0.526. The van der Waals surface area contributed by atoms with Crippen LogP contribution in [-0.2, 0) is 0 Å². The molecule has 0 spiro atoms. The maximum absolute atomic E-state index is 13.1. The third-order valence-electron chi connectivity index (χ3n) is 5.07. The fourth-order valence-electron chi connectivity index (χ4n) is 3.74. The van der Waals surface area contributed by atoms with Crippen LogP contribution in [0.3, 0.4) is 0 Å². The summed E-state index contributed by atoms with van der Waals surface area (Å²) in [7, 11) is 0. The van der Waals surface area contributed by atoms with Gasteiger partial charge in [0.25, 0.3) is 0 Å². The molecule has 0 aliphatic carbocycles. The van der Waals surface area contributed by atoms with Crippen LogP contribution in [0.2, 0.25) is 0 Å². The Kier molecular flexibility index (Phi) is 5.51. The maximum Gasteiger partial charge on any atom is 0.318 e. The predicted octanol–water partition coefficient (Wildman–Crippen LogP) is 3.32. The van der Waals surface area contributed by atoms with Gasteiger partial charge in [-0.05, 0) is 43.4 Å². The lowest BCUT2D eigenvalue weighted by Gasteiger charge is -2.33. The van der Waals surface area contributed by atoms with E-state index in [0.29, 0.717) is 0 Å². The van der Waals surface area contributed by atoms with E-state index in [4.69, 9.17) is 0 Å². The summed E-state index contributed by atoms with van der Waals surface area (Å²) in [5.41, 5.74) is 1.02. The molecule has 2 saturated heterocycles. The summed E-state index contributed by atoms with van der Waals surface area (Å²) < 4.78 is 13.1. The number of nitrogens with zero attached hydrogens (tertiary/aromatic N) is 2. The predicted molar refractivity (Wildman–Crippen MR) is 93.3 cm³/mol. The molecule has 0 radical (unpaired) electrons. The van der Waals surface area contributed by atoms with Gasteiger partial charge in [-0.25, -0.2) is 9.18 Å². The Labute approximate surface area is 143 Å². The number of halogens is 1. The molecule has 24 heavy (non-hydrogen) atoms. The molecule has 2 amide bonds. The van der Waals surface area contributed by atoms with Gasteiger partial charge < -0.3 is 10.2 Å². The van der Waals surface area contributed by atoms with Crippen molar-refractivity contribution in [2.24, 2.45) is 0 Å². The molecule has 1 atom stereocenters. The number of rotatable bonds is 4. The van der Waals surface area contributed by atoms with Crippen LogP contribution in [0.25, 0.3) is 0 Å². The fourth-order valence-corrected chi connectivity index (χ4v) is 3.74. The summed E-state index contributed by atoms with van der Waals surface area (Å²) >= 11 is 0. The minimum atomic E-state index is -0.237. The zero-order valence-corrected chi connectivity index (χ0v) is 14.1. The van der Waals surface area contributed by atoms with Crippen LogP contribution >= 0.6 is 0 Å². The lowest BCUT2D eigenvalue weighted by atomic mass is 10.0. The van der Waals surface area contributed by atoms with E-state index in [9.17, 15) is 9.18 Å². The molecule has 2 heterocycles. The van der Waals surface area contributed by atoms with Gasteiger partial charge in [-0.15, -0.1) is 6.58 Å². The summed E-state index contributed by atoms with van der Waals surface area (Å²) in [6.45, 7) is 7.46. The molecule has 2 aliphatic heterocycles. The molecule has 1 aromatic rings. The van der Waals surface area contributed by atoms with Gasteiger partial charge in [-0.1, -0.05) is 18.2 Å². The first-order chi connectivity index (χ1) is 11.7. The summed E-state index contributed by atoms with van der Waals surface area (Å²) in [4.78, 5) is 16.9. The van der Waals surface area contributed by atoms with Crippen LogP contribution in [0, 0.1) is 5.82 Å². The average molecular weight is 331 g/mol. The van der Waals surface area contributed by atoms with Crippen molar-refractivity contribution in [2.45, 2.75) is 37.8 Å². The largest absolute Gasteiger partial charge is 0.335 e. The van der Waals surface area contributed by atoms with Gasteiger partial charge in [-0.3, -0.25) is 4.90 Å². The van der Waals surface area contributed by atoms with Crippen LogP contribution in [0.4, 0.5) is 9.18 Å². The number of carbonyl (C=O) groups is 1. The molecule has 0 bridgehead atoms. The number of benzene rings is 1. The van der Waals surface area contributed by atoms with E-state index >= 15 is 0 Å². The van der Waals surface area contributed by atoms with E-state index in [2.05, 4.69) is 16.8 Å². The van der Waals surface area contributed by atoms with Crippen molar-refractivity contribution in [3.05, 3.63) is 48.3 Å². The van der Waals surface area contributed by atoms with Crippen molar-refractivity contribution in [3.8, 4) is 0 Å². The van der Waals surface area contributed by atoms with Gasteiger partial charge in [0.2, 0.25) is 0 Å². The Balaban J connectivity index is 1.56. The molecular weight excluding hydrogens is 305 g/mol. The van der Waals surface area contributed by atoms with Gasteiger partial charge in [0, 0.05) is 32.2 Å². The summed E-state index contributed by atoms with van der Waals surface area (Å²) in [6, 6.07) is 6.85. The van der Waals surface area contributed by atoms with Crippen molar-refractivity contribution < 1.29 is 9.18 Å². The normalized spacial score (nSPS) is 22.5. The van der Waals surface area contributed by atoms with Gasteiger partial charge >= 0.3 is 6.03 Å². The molecule has 130 valence electrons. The number of piperidine rings is 1. The average Bonchev–Trinajstić information content (AvgIpc) is 3.07. The van der Waals surface area contributed by atoms with Crippen LogP contribution in [0.5, 0.6) is 0 Å². The van der Waals surface area contributed by atoms with E-state index in [1.165, 1.54) is 12.1 Å². The number of hydrogen-bond acceptors (Lipinski definition) is 2. The standard InChI is InChI=1S/C19H26FN3O/c1-2-11-22-13-9-17(10-14-22)21-19(24)23-12-3-4-18(23)15-5-7-16(20)8-6-15/h2,5-8,17-18H,1,3-4,9-14H2,(H,21,24)/t18-/m1/s1. The zero-order valence-electron chi connectivity index (χ0n) is 14.1. The van der Waals surface area contributed by atoms with Gasteiger partial charge in [0.05, 0.1) is 6.04 Å². The van der Waals surface area contributed by atoms with E-state index < -0.39 is 0 Å². The second-order valence-electron chi connectivity index (χ2n) is 6.72. The number of likely N-dealkylation sites (tertiary alicyclic amines) is 2. The first kappa shape index (κ1) is 17.0. The van der Waals surface area contributed by atoms with Crippen LogP contribution in [0.15, 0.2) is 36.9 Å². The summed E-state index contributed by atoms with van der Waals surface area (Å²) in [5, 5.41) is 3.20. The van der Waals surface area contributed by atoms with Crippen molar-refractivity contribution in [3.63, 3.8) is 0 Å². The highest BCUT2D eigenvalue weighted by Gasteiger charge is 2.31. The molecule has 4 nitrogen and oxygen atoms in total. The monoisotopic (exact) mass is 331 g/mol. The number of nitrogens with one attached hydrogen (secondary N) is 1. The van der Waals surface area contributed by atoms with Gasteiger partial charge in [0.1, 0.15) is 5.82 Å². The SMILES string of the molecule is C=CCN1CCC(NC(=O)N2CCC[C@@H]2c2ccc(F)cc2)CC1. The van der Waals surface area contributed by atoms with Crippen LogP contribution in [-0.4, -0.2) is 48.1 Å². The number of carbonyl (C=O) groups excluding carboxylic acids is 1.